The van der Waals surface area contributed by atoms with Crippen LogP contribution in [0.2, 0.25) is 0 Å². The Morgan fingerprint density at radius 1 is 1.00 bits per heavy atom. The highest BCUT2D eigenvalue weighted by Crippen LogP contribution is 2.37. The molecule has 1 aliphatic carbocycles. The second-order valence-corrected chi connectivity index (χ2v) is 7.82. The number of nitrogens with zero attached hydrogens (tertiary/aromatic N) is 1. The zero-order valence-electron chi connectivity index (χ0n) is 11.3. The number of thioether (sulfide) groups is 2. The van der Waals surface area contributed by atoms with Crippen LogP contribution in [0.15, 0.2) is 40.2 Å². The van der Waals surface area contributed by atoms with E-state index in [0.29, 0.717) is 0 Å². The first-order valence-corrected chi connectivity index (χ1v) is 9.12. The molecule has 0 spiro atoms. The molecule has 1 saturated carbocycles. The molecular formula is C16H21NS2. The van der Waals surface area contributed by atoms with Gasteiger partial charge in [-0.2, -0.15) is 0 Å². The maximum atomic E-state index is 4.82. The van der Waals surface area contributed by atoms with E-state index in [4.69, 9.17) is 4.99 Å². The van der Waals surface area contributed by atoms with E-state index in [1.54, 1.807) is 0 Å². The summed E-state index contributed by atoms with van der Waals surface area (Å²) in [6.07, 6.45) is 7.24. The highest BCUT2D eigenvalue weighted by atomic mass is 32.2. The molecular weight excluding hydrogens is 270 g/mol. The SMILES string of the molecule is c1ccc(SC2=NCC(C3CCCCC3)CS2)cc1. The molecule has 0 aromatic heterocycles. The number of hydrogen-bond acceptors (Lipinski definition) is 3. The van der Waals surface area contributed by atoms with Gasteiger partial charge in [-0.3, -0.25) is 4.99 Å². The van der Waals surface area contributed by atoms with Gasteiger partial charge in [0.1, 0.15) is 4.38 Å². The van der Waals surface area contributed by atoms with Crippen LogP contribution in [0.3, 0.4) is 0 Å². The van der Waals surface area contributed by atoms with Gasteiger partial charge in [0, 0.05) is 17.2 Å². The number of benzene rings is 1. The van der Waals surface area contributed by atoms with Crippen molar-refractivity contribution in [2.45, 2.75) is 37.0 Å². The van der Waals surface area contributed by atoms with Crippen molar-refractivity contribution in [1.29, 1.82) is 0 Å². The molecule has 1 unspecified atom stereocenters. The lowest BCUT2D eigenvalue weighted by Gasteiger charge is -2.31. The highest BCUT2D eigenvalue weighted by molar-refractivity contribution is 8.38. The Morgan fingerprint density at radius 3 is 2.47 bits per heavy atom. The van der Waals surface area contributed by atoms with E-state index in [9.17, 15) is 0 Å². The molecule has 1 aliphatic heterocycles. The molecule has 1 aromatic rings. The number of rotatable bonds is 2. The van der Waals surface area contributed by atoms with Crippen molar-refractivity contribution >= 4 is 27.9 Å². The van der Waals surface area contributed by atoms with E-state index >= 15 is 0 Å². The number of hydrogen-bond donors (Lipinski definition) is 0. The zero-order valence-corrected chi connectivity index (χ0v) is 12.9. The third-order valence-electron chi connectivity index (χ3n) is 4.14. The molecule has 3 rings (SSSR count). The fourth-order valence-electron chi connectivity index (χ4n) is 3.01. The minimum atomic E-state index is 0.838. The lowest BCUT2D eigenvalue weighted by Crippen LogP contribution is -2.25. The fourth-order valence-corrected chi connectivity index (χ4v) is 5.27. The predicted molar refractivity (Wildman–Crippen MR) is 87.1 cm³/mol. The van der Waals surface area contributed by atoms with Gasteiger partial charge in [-0.15, -0.1) is 0 Å². The van der Waals surface area contributed by atoms with Gasteiger partial charge in [-0.05, 0) is 24.0 Å². The van der Waals surface area contributed by atoms with Gasteiger partial charge >= 0.3 is 0 Å². The monoisotopic (exact) mass is 291 g/mol. The van der Waals surface area contributed by atoms with Gasteiger partial charge in [0.05, 0.1) is 0 Å². The van der Waals surface area contributed by atoms with Crippen LogP contribution in [0.5, 0.6) is 0 Å². The lowest BCUT2D eigenvalue weighted by atomic mass is 9.81. The third-order valence-corrected chi connectivity index (χ3v) is 6.53. The largest absolute Gasteiger partial charge is 0.271 e. The molecule has 1 fully saturated rings. The van der Waals surface area contributed by atoms with Crippen LogP contribution in [-0.2, 0) is 0 Å². The van der Waals surface area contributed by atoms with Crippen molar-refractivity contribution in [3.63, 3.8) is 0 Å². The van der Waals surface area contributed by atoms with Gasteiger partial charge in [0.15, 0.2) is 0 Å². The summed E-state index contributed by atoms with van der Waals surface area (Å²) in [5.74, 6) is 3.07. The molecule has 19 heavy (non-hydrogen) atoms. The zero-order chi connectivity index (χ0) is 12.9. The van der Waals surface area contributed by atoms with E-state index in [1.807, 2.05) is 23.5 Å². The second-order valence-electron chi connectivity index (χ2n) is 5.49. The van der Waals surface area contributed by atoms with Crippen LogP contribution in [0, 0.1) is 11.8 Å². The van der Waals surface area contributed by atoms with Crippen LogP contribution in [0.25, 0.3) is 0 Å². The molecule has 1 aromatic carbocycles. The molecule has 2 aliphatic rings. The Labute approximate surface area is 124 Å². The Hall–Kier alpha value is -0.410. The van der Waals surface area contributed by atoms with Crippen molar-refractivity contribution < 1.29 is 0 Å². The van der Waals surface area contributed by atoms with Crippen LogP contribution in [0.1, 0.15) is 32.1 Å². The Balaban J connectivity index is 1.55. The predicted octanol–water partition coefficient (Wildman–Crippen LogP) is 5.08. The van der Waals surface area contributed by atoms with E-state index in [-0.39, 0.29) is 0 Å². The van der Waals surface area contributed by atoms with Crippen molar-refractivity contribution in [1.82, 2.24) is 0 Å². The van der Waals surface area contributed by atoms with Crippen LogP contribution in [0.4, 0.5) is 0 Å². The standard InChI is InChI=1S/C16H21NS2/c1-3-7-13(8-4-1)14-11-17-16(18-12-14)19-15-9-5-2-6-10-15/h2,5-6,9-10,13-14H,1,3-4,7-8,11-12H2. The minimum Gasteiger partial charge on any atom is -0.271 e. The van der Waals surface area contributed by atoms with E-state index in [2.05, 4.69) is 30.3 Å². The van der Waals surface area contributed by atoms with Crippen molar-refractivity contribution in [3.8, 4) is 0 Å². The van der Waals surface area contributed by atoms with Crippen LogP contribution < -0.4 is 0 Å². The van der Waals surface area contributed by atoms with Crippen LogP contribution in [-0.4, -0.2) is 16.7 Å². The first-order chi connectivity index (χ1) is 9.42. The lowest BCUT2D eigenvalue weighted by molar-refractivity contribution is 0.272. The first-order valence-electron chi connectivity index (χ1n) is 7.32. The molecule has 1 heterocycles. The summed E-state index contributed by atoms with van der Waals surface area (Å²) in [6.45, 7) is 1.06. The number of aliphatic imine (C=N–C) groups is 1. The molecule has 1 atom stereocenters. The van der Waals surface area contributed by atoms with Crippen LogP contribution >= 0.6 is 23.5 Å². The maximum absolute atomic E-state index is 4.82. The summed E-state index contributed by atoms with van der Waals surface area (Å²) < 4.78 is 1.26. The molecule has 102 valence electrons. The molecule has 1 nitrogen and oxygen atoms in total. The topological polar surface area (TPSA) is 12.4 Å². The van der Waals surface area contributed by atoms with Gasteiger partial charge in [-0.1, -0.05) is 73.8 Å². The van der Waals surface area contributed by atoms with E-state index in [1.165, 1.54) is 47.1 Å². The smallest absolute Gasteiger partial charge is 0.129 e. The highest BCUT2D eigenvalue weighted by Gasteiger charge is 2.26. The fraction of sp³-hybridized carbons (Fsp3) is 0.562. The molecule has 0 amide bonds. The molecule has 0 N–H and O–H groups in total. The third kappa shape index (κ3) is 3.79. The minimum absolute atomic E-state index is 0.838. The van der Waals surface area contributed by atoms with E-state index < -0.39 is 0 Å². The molecule has 3 heteroatoms. The second kappa shape index (κ2) is 6.85. The normalized spacial score (nSPS) is 25.1. The quantitative estimate of drug-likeness (QED) is 0.753. The summed E-state index contributed by atoms with van der Waals surface area (Å²) in [7, 11) is 0. The van der Waals surface area contributed by atoms with Gasteiger partial charge in [0.2, 0.25) is 0 Å². The average Bonchev–Trinajstić information content (AvgIpc) is 2.50. The summed E-state index contributed by atoms with van der Waals surface area (Å²) >= 11 is 3.80. The Kier molecular flexibility index (Phi) is 4.89. The summed E-state index contributed by atoms with van der Waals surface area (Å²) in [6, 6.07) is 10.6. The van der Waals surface area contributed by atoms with Gasteiger partial charge in [-0.25, -0.2) is 0 Å². The summed E-state index contributed by atoms with van der Waals surface area (Å²) in [5, 5.41) is 0. The Bertz CT molecular complexity index is 424. The van der Waals surface area contributed by atoms with Crippen molar-refractivity contribution in [2.75, 3.05) is 12.3 Å². The average molecular weight is 291 g/mol. The molecule has 0 saturated heterocycles. The van der Waals surface area contributed by atoms with Crippen molar-refractivity contribution in [3.05, 3.63) is 30.3 Å². The van der Waals surface area contributed by atoms with Gasteiger partial charge in [0.25, 0.3) is 0 Å². The summed E-state index contributed by atoms with van der Waals surface area (Å²) in [5.41, 5.74) is 0. The first kappa shape index (κ1) is 13.6. The Morgan fingerprint density at radius 2 is 1.79 bits per heavy atom. The molecule has 0 bridgehead atoms. The maximum Gasteiger partial charge on any atom is 0.129 e. The van der Waals surface area contributed by atoms with Gasteiger partial charge < -0.3 is 0 Å². The summed E-state index contributed by atoms with van der Waals surface area (Å²) in [4.78, 5) is 6.13. The van der Waals surface area contributed by atoms with E-state index in [0.717, 1.165) is 18.4 Å². The molecule has 0 radical (unpaired) electrons. The van der Waals surface area contributed by atoms with Crippen molar-refractivity contribution in [2.24, 2.45) is 16.8 Å².